The SMILES string of the molecule is COC(=O)C(NS(=O)(=O)c1ccc(C)cc1C)C(C)C. The molecule has 0 radical (unpaired) electrons. The third kappa shape index (κ3) is 3.80. The minimum atomic E-state index is -3.76. The van der Waals surface area contributed by atoms with Gasteiger partial charge >= 0.3 is 5.97 Å². The average Bonchev–Trinajstić information content (AvgIpc) is 2.34. The molecule has 0 saturated heterocycles. The Morgan fingerprint density at radius 3 is 2.30 bits per heavy atom. The molecule has 1 aromatic rings. The number of ether oxygens (including phenoxy) is 1. The van der Waals surface area contributed by atoms with Gasteiger partial charge in [-0.25, -0.2) is 8.42 Å². The Morgan fingerprint density at radius 1 is 1.25 bits per heavy atom. The van der Waals surface area contributed by atoms with Gasteiger partial charge in [-0.2, -0.15) is 4.72 Å². The summed E-state index contributed by atoms with van der Waals surface area (Å²) < 4.78 is 31.8. The van der Waals surface area contributed by atoms with Crippen molar-refractivity contribution in [2.24, 2.45) is 5.92 Å². The molecular formula is C14H21NO4S. The molecule has 0 aliphatic rings. The first kappa shape index (κ1) is 16.7. The average molecular weight is 299 g/mol. The Kier molecular flexibility index (Phi) is 5.30. The molecule has 1 rings (SSSR count). The van der Waals surface area contributed by atoms with Crippen molar-refractivity contribution in [3.05, 3.63) is 29.3 Å². The third-order valence-electron chi connectivity index (χ3n) is 3.02. The molecule has 1 unspecified atom stereocenters. The monoisotopic (exact) mass is 299 g/mol. The highest BCUT2D eigenvalue weighted by Gasteiger charge is 2.29. The van der Waals surface area contributed by atoms with Crippen LogP contribution in [0.5, 0.6) is 0 Å². The quantitative estimate of drug-likeness (QED) is 0.841. The summed E-state index contributed by atoms with van der Waals surface area (Å²) in [5.74, 6) is -0.795. The molecule has 0 spiro atoms. The van der Waals surface area contributed by atoms with Crippen molar-refractivity contribution in [1.29, 1.82) is 0 Å². The molecule has 6 heteroatoms. The van der Waals surface area contributed by atoms with Crippen LogP contribution in [0.25, 0.3) is 0 Å². The van der Waals surface area contributed by atoms with Crippen molar-refractivity contribution in [3.8, 4) is 0 Å². The number of carbonyl (C=O) groups is 1. The van der Waals surface area contributed by atoms with E-state index in [1.807, 2.05) is 6.92 Å². The summed E-state index contributed by atoms with van der Waals surface area (Å²) >= 11 is 0. The van der Waals surface area contributed by atoms with E-state index in [1.54, 1.807) is 39.0 Å². The topological polar surface area (TPSA) is 72.5 Å². The number of carbonyl (C=O) groups excluding carboxylic acids is 1. The highest BCUT2D eigenvalue weighted by Crippen LogP contribution is 2.18. The van der Waals surface area contributed by atoms with E-state index < -0.39 is 22.0 Å². The molecule has 0 bridgehead atoms. The lowest BCUT2D eigenvalue weighted by Crippen LogP contribution is -2.45. The lowest BCUT2D eigenvalue weighted by atomic mass is 10.1. The summed E-state index contributed by atoms with van der Waals surface area (Å²) in [7, 11) is -2.52. The van der Waals surface area contributed by atoms with E-state index in [0.29, 0.717) is 5.56 Å². The lowest BCUT2D eigenvalue weighted by molar-refractivity contribution is -0.143. The first-order chi connectivity index (χ1) is 9.19. The zero-order valence-electron chi connectivity index (χ0n) is 12.4. The van der Waals surface area contributed by atoms with E-state index >= 15 is 0 Å². The predicted molar refractivity (Wildman–Crippen MR) is 76.9 cm³/mol. The molecule has 0 aliphatic heterocycles. The molecule has 0 amide bonds. The Morgan fingerprint density at radius 2 is 1.85 bits per heavy atom. The van der Waals surface area contributed by atoms with Crippen molar-refractivity contribution < 1.29 is 17.9 Å². The second-order valence-corrected chi connectivity index (χ2v) is 6.82. The summed E-state index contributed by atoms with van der Waals surface area (Å²) in [6, 6.07) is 4.16. The number of benzene rings is 1. The normalized spacial score (nSPS) is 13.3. The molecule has 1 aromatic carbocycles. The van der Waals surface area contributed by atoms with Crippen LogP contribution >= 0.6 is 0 Å². The Hall–Kier alpha value is -1.40. The number of esters is 1. The summed E-state index contributed by atoms with van der Waals surface area (Å²) in [6.45, 7) is 7.13. The van der Waals surface area contributed by atoms with Crippen molar-refractivity contribution in [2.45, 2.75) is 38.6 Å². The van der Waals surface area contributed by atoms with Gasteiger partial charge in [-0.3, -0.25) is 4.79 Å². The number of aryl methyl sites for hydroxylation is 2. The predicted octanol–water partition coefficient (Wildman–Crippen LogP) is 1.78. The molecule has 0 aromatic heterocycles. The van der Waals surface area contributed by atoms with Crippen LogP contribution in [0.3, 0.4) is 0 Å². The van der Waals surface area contributed by atoms with E-state index in [9.17, 15) is 13.2 Å². The van der Waals surface area contributed by atoms with Gasteiger partial charge in [0.05, 0.1) is 12.0 Å². The van der Waals surface area contributed by atoms with Gasteiger partial charge in [0, 0.05) is 0 Å². The molecule has 1 N–H and O–H groups in total. The maximum atomic E-state index is 12.4. The van der Waals surface area contributed by atoms with Gasteiger partial charge < -0.3 is 4.74 Å². The van der Waals surface area contributed by atoms with Crippen LogP contribution in [-0.2, 0) is 19.6 Å². The Balaban J connectivity index is 3.13. The number of sulfonamides is 1. The van der Waals surface area contributed by atoms with Crippen LogP contribution < -0.4 is 4.72 Å². The van der Waals surface area contributed by atoms with Crippen LogP contribution in [0.2, 0.25) is 0 Å². The van der Waals surface area contributed by atoms with E-state index in [2.05, 4.69) is 9.46 Å². The molecule has 112 valence electrons. The molecule has 0 saturated carbocycles. The summed E-state index contributed by atoms with van der Waals surface area (Å²) in [4.78, 5) is 11.8. The maximum Gasteiger partial charge on any atom is 0.324 e. The van der Waals surface area contributed by atoms with Crippen molar-refractivity contribution in [1.82, 2.24) is 4.72 Å². The van der Waals surface area contributed by atoms with Crippen LogP contribution in [-0.4, -0.2) is 27.5 Å². The maximum absolute atomic E-state index is 12.4. The summed E-state index contributed by atoms with van der Waals surface area (Å²) in [5.41, 5.74) is 1.62. The molecule has 1 atom stereocenters. The van der Waals surface area contributed by atoms with Gasteiger partial charge in [0.15, 0.2) is 0 Å². The van der Waals surface area contributed by atoms with Crippen molar-refractivity contribution >= 4 is 16.0 Å². The van der Waals surface area contributed by atoms with Gasteiger partial charge in [0.2, 0.25) is 10.0 Å². The Bertz CT molecular complexity index is 593. The van der Waals surface area contributed by atoms with E-state index in [1.165, 1.54) is 7.11 Å². The zero-order chi connectivity index (χ0) is 15.5. The number of methoxy groups -OCH3 is 1. The summed E-state index contributed by atoms with van der Waals surface area (Å²) in [5, 5.41) is 0. The molecule has 5 nitrogen and oxygen atoms in total. The van der Waals surface area contributed by atoms with E-state index in [-0.39, 0.29) is 10.8 Å². The van der Waals surface area contributed by atoms with E-state index in [0.717, 1.165) is 5.56 Å². The van der Waals surface area contributed by atoms with Crippen molar-refractivity contribution in [2.75, 3.05) is 7.11 Å². The number of hydrogen-bond acceptors (Lipinski definition) is 4. The van der Waals surface area contributed by atoms with Gasteiger partial charge in [0.1, 0.15) is 6.04 Å². The standard InChI is InChI=1S/C14H21NO4S/c1-9(2)13(14(16)19-5)15-20(17,18)12-7-6-10(3)8-11(12)4/h6-9,13,15H,1-5H3. The molecular weight excluding hydrogens is 278 g/mol. The third-order valence-corrected chi connectivity index (χ3v) is 4.63. The molecule has 0 aliphatic carbocycles. The van der Waals surface area contributed by atoms with Gasteiger partial charge in [0.25, 0.3) is 0 Å². The number of rotatable bonds is 5. The highest BCUT2D eigenvalue weighted by atomic mass is 32.2. The van der Waals surface area contributed by atoms with Crippen LogP contribution in [0, 0.1) is 19.8 Å². The lowest BCUT2D eigenvalue weighted by Gasteiger charge is -2.20. The van der Waals surface area contributed by atoms with Crippen molar-refractivity contribution in [3.63, 3.8) is 0 Å². The fourth-order valence-electron chi connectivity index (χ4n) is 1.91. The fourth-order valence-corrected chi connectivity index (χ4v) is 3.47. The first-order valence-corrected chi connectivity index (χ1v) is 7.84. The smallest absolute Gasteiger partial charge is 0.324 e. The number of nitrogens with one attached hydrogen (secondary N) is 1. The molecule has 20 heavy (non-hydrogen) atoms. The number of hydrogen-bond donors (Lipinski definition) is 1. The Labute approximate surface area is 120 Å². The van der Waals surface area contributed by atoms with Gasteiger partial charge in [-0.1, -0.05) is 31.5 Å². The van der Waals surface area contributed by atoms with Crippen LogP contribution in [0.15, 0.2) is 23.1 Å². The van der Waals surface area contributed by atoms with Gasteiger partial charge in [-0.15, -0.1) is 0 Å². The minimum absolute atomic E-state index is 0.178. The zero-order valence-corrected chi connectivity index (χ0v) is 13.2. The fraction of sp³-hybridized carbons (Fsp3) is 0.500. The highest BCUT2D eigenvalue weighted by molar-refractivity contribution is 7.89. The van der Waals surface area contributed by atoms with E-state index in [4.69, 9.17) is 0 Å². The second kappa shape index (κ2) is 6.37. The largest absolute Gasteiger partial charge is 0.468 e. The first-order valence-electron chi connectivity index (χ1n) is 6.36. The second-order valence-electron chi connectivity index (χ2n) is 5.14. The molecule has 0 fully saturated rings. The van der Waals surface area contributed by atoms with Gasteiger partial charge in [-0.05, 0) is 31.4 Å². The molecule has 0 heterocycles. The van der Waals surface area contributed by atoms with Crippen LogP contribution in [0.4, 0.5) is 0 Å². The van der Waals surface area contributed by atoms with Crippen LogP contribution in [0.1, 0.15) is 25.0 Å². The summed E-state index contributed by atoms with van der Waals surface area (Å²) in [6.07, 6.45) is 0. The minimum Gasteiger partial charge on any atom is -0.468 e.